The van der Waals surface area contributed by atoms with E-state index in [2.05, 4.69) is 5.32 Å². The standard InChI is InChI=1S/C9H12FNO2/c1-13-9-5-7(10)4-8(6-9)11-2-3-12/h4-6,11-12H,2-3H2,1H3. The molecule has 0 spiro atoms. The number of hydrogen-bond acceptors (Lipinski definition) is 3. The van der Waals surface area contributed by atoms with Gasteiger partial charge in [0.2, 0.25) is 0 Å². The van der Waals surface area contributed by atoms with Crippen LogP contribution in [0.5, 0.6) is 5.75 Å². The molecule has 0 aliphatic heterocycles. The van der Waals surface area contributed by atoms with Crippen molar-refractivity contribution in [3.05, 3.63) is 24.0 Å². The smallest absolute Gasteiger partial charge is 0.128 e. The average molecular weight is 185 g/mol. The summed E-state index contributed by atoms with van der Waals surface area (Å²) in [7, 11) is 1.48. The summed E-state index contributed by atoms with van der Waals surface area (Å²) in [6.45, 7) is 0.408. The summed E-state index contributed by atoms with van der Waals surface area (Å²) in [5.41, 5.74) is 0.603. The first-order valence-electron chi connectivity index (χ1n) is 3.95. The number of hydrogen-bond donors (Lipinski definition) is 2. The zero-order chi connectivity index (χ0) is 9.68. The van der Waals surface area contributed by atoms with Gasteiger partial charge >= 0.3 is 0 Å². The van der Waals surface area contributed by atoms with Gasteiger partial charge in [-0.2, -0.15) is 0 Å². The molecule has 3 nitrogen and oxygen atoms in total. The molecule has 0 radical (unpaired) electrons. The van der Waals surface area contributed by atoms with E-state index in [9.17, 15) is 4.39 Å². The molecule has 0 bridgehead atoms. The van der Waals surface area contributed by atoms with Crippen molar-refractivity contribution in [2.75, 3.05) is 25.6 Å². The highest BCUT2D eigenvalue weighted by Gasteiger charge is 1.99. The molecule has 0 aliphatic rings. The van der Waals surface area contributed by atoms with E-state index in [0.29, 0.717) is 18.0 Å². The summed E-state index contributed by atoms with van der Waals surface area (Å²) in [6.07, 6.45) is 0. The van der Waals surface area contributed by atoms with Crippen molar-refractivity contribution in [3.63, 3.8) is 0 Å². The van der Waals surface area contributed by atoms with Crippen LogP contribution in [0.4, 0.5) is 10.1 Å². The Morgan fingerprint density at radius 2 is 2.23 bits per heavy atom. The number of benzene rings is 1. The second-order valence-electron chi connectivity index (χ2n) is 2.53. The Hall–Kier alpha value is -1.29. The predicted molar refractivity (Wildman–Crippen MR) is 48.5 cm³/mol. The lowest BCUT2D eigenvalue weighted by Crippen LogP contribution is -2.05. The van der Waals surface area contributed by atoms with E-state index in [1.54, 1.807) is 6.07 Å². The molecular weight excluding hydrogens is 173 g/mol. The number of nitrogens with one attached hydrogen (secondary N) is 1. The first-order chi connectivity index (χ1) is 6.26. The van der Waals surface area contributed by atoms with Crippen molar-refractivity contribution in [3.8, 4) is 5.75 Å². The second kappa shape index (κ2) is 4.67. The molecular formula is C9H12FNO2. The van der Waals surface area contributed by atoms with E-state index >= 15 is 0 Å². The normalized spacial score (nSPS) is 9.77. The molecule has 0 saturated heterocycles. The number of anilines is 1. The van der Waals surface area contributed by atoms with Crippen LogP contribution in [0.15, 0.2) is 18.2 Å². The number of halogens is 1. The molecule has 0 aromatic heterocycles. The van der Waals surface area contributed by atoms with Crippen LogP contribution >= 0.6 is 0 Å². The van der Waals surface area contributed by atoms with Gasteiger partial charge in [0.1, 0.15) is 11.6 Å². The monoisotopic (exact) mass is 185 g/mol. The molecule has 0 amide bonds. The highest BCUT2D eigenvalue weighted by molar-refractivity contribution is 5.48. The van der Waals surface area contributed by atoms with Crippen molar-refractivity contribution >= 4 is 5.69 Å². The SMILES string of the molecule is COc1cc(F)cc(NCCO)c1. The third-order valence-electron chi connectivity index (χ3n) is 1.55. The van der Waals surface area contributed by atoms with Crippen LogP contribution in [0.1, 0.15) is 0 Å². The summed E-state index contributed by atoms with van der Waals surface area (Å²) in [4.78, 5) is 0. The first-order valence-corrected chi connectivity index (χ1v) is 3.95. The zero-order valence-corrected chi connectivity index (χ0v) is 7.38. The van der Waals surface area contributed by atoms with Crippen LogP contribution in [-0.4, -0.2) is 25.4 Å². The highest BCUT2D eigenvalue weighted by Crippen LogP contribution is 2.19. The summed E-state index contributed by atoms with van der Waals surface area (Å²) in [6, 6.07) is 4.31. The van der Waals surface area contributed by atoms with E-state index in [4.69, 9.17) is 9.84 Å². The fourth-order valence-corrected chi connectivity index (χ4v) is 0.983. The van der Waals surface area contributed by atoms with Gasteiger partial charge in [-0.25, -0.2) is 4.39 Å². The van der Waals surface area contributed by atoms with E-state index < -0.39 is 0 Å². The van der Waals surface area contributed by atoms with Crippen molar-refractivity contribution in [2.45, 2.75) is 0 Å². The minimum absolute atomic E-state index is 0.0127. The van der Waals surface area contributed by atoms with Gasteiger partial charge in [0, 0.05) is 24.4 Å². The Morgan fingerprint density at radius 1 is 1.46 bits per heavy atom. The topological polar surface area (TPSA) is 41.5 Å². The number of ether oxygens (including phenoxy) is 1. The molecule has 2 N–H and O–H groups in total. The molecule has 13 heavy (non-hydrogen) atoms. The summed E-state index contributed by atoms with van der Waals surface area (Å²) in [5.74, 6) is 0.0974. The van der Waals surface area contributed by atoms with Crippen molar-refractivity contribution in [1.29, 1.82) is 0 Å². The average Bonchev–Trinajstić information content (AvgIpc) is 2.14. The molecule has 0 saturated carbocycles. The van der Waals surface area contributed by atoms with Gasteiger partial charge in [0.05, 0.1) is 13.7 Å². The van der Waals surface area contributed by atoms with E-state index in [1.165, 1.54) is 19.2 Å². The third kappa shape index (κ3) is 2.91. The predicted octanol–water partition coefficient (Wildman–Crippen LogP) is 1.24. The fourth-order valence-electron chi connectivity index (χ4n) is 0.983. The van der Waals surface area contributed by atoms with Crippen molar-refractivity contribution in [1.82, 2.24) is 0 Å². The Kier molecular flexibility index (Phi) is 3.52. The van der Waals surface area contributed by atoms with E-state index in [1.807, 2.05) is 0 Å². The Morgan fingerprint density at radius 3 is 2.85 bits per heavy atom. The Bertz CT molecular complexity index is 278. The Balaban J connectivity index is 2.76. The van der Waals surface area contributed by atoms with Gasteiger partial charge in [-0.15, -0.1) is 0 Å². The molecule has 0 atom stereocenters. The van der Waals surface area contributed by atoms with Crippen LogP contribution in [0.25, 0.3) is 0 Å². The minimum atomic E-state index is -0.361. The van der Waals surface area contributed by atoms with Crippen LogP contribution in [-0.2, 0) is 0 Å². The maximum absolute atomic E-state index is 12.9. The van der Waals surface area contributed by atoms with Crippen LogP contribution in [0, 0.1) is 5.82 Å². The van der Waals surface area contributed by atoms with Gasteiger partial charge < -0.3 is 15.2 Å². The van der Waals surface area contributed by atoms with Gasteiger partial charge in [-0.1, -0.05) is 0 Å². The van der Waals surface area contributed by atoms with Crippen LogP contribution < -0.4 is 10.1 Å². The molecule has 1 rings (SSSR count). The summed E-state index contributed by atoms with van der Waals surface area (Å²) < 4.78 is 17.7. The molecule has 1 aromatic carbocycles. The maximum atomic E-state index is 12.9. The number of aliphatic hydroxyl groups is 1. The van der Waals surface area contributed by atoms with Crippen LogP contribution in [0.3, 0.4) is 0 Å². The second-order valence-corrected chi connectivity index (χ2v) is 2.53. The maximum Gasteiger partial charge on any atom is 0.128 e. The Labute approximate surface area is 76.1 Å². The van der Waals surface area contributed by atoms with E-state index in [0.717, 1.165) is 0 Å². The molecule has 4 heteroatoms. The molecule has 72 valence electrons. The lowest BCUT2D eigenvalue weighted by molar-refractivity contribution is 0.311. The number of aliphatic hydroxyl groups excluding tert-OH is 1. The molecule has 0 unspecified atom stereocenters. The van der Waals surface area contributed by atoms with Crippen LogP contribution in [0.2, 0.25) is 0 Å². The van der Waals surface area contributed by atoms with Crippen molar-refractivity contribution < 1.29 is 14.2 Å². The van der Waals surface area contributed by atoms with Crippen molar-refractivity contribution in [2.24, 2.45) is 0 Å². The zero-order valence-electron chi connectivity index (χ0n) is 7.38. The highest BCUT2D eigenvalue weighted by atomic mass is 19.1. The lowest BCUT2D eigenvalue weighted by Gasteiger charge is -2.06. The molecule has 0 heterocycles. The molecule has 1 aromatic rings. The molecule has 0 fully saturated rings. The lowest BCUT2D eigenvalue weighted by atomic mass is 10.3. The quantitative estimate of drug-likeness (QED) is 0.741. The summed E-state index contributed by atoms with van der Waals surface area (Å²) in [5, 5.41) is 11.4. The summed E-state index contributed by atoms with van der Waals surface area (Å²) >= 11 is 0. The third-order valence-corrected chi connectivity index (χ3v) is 1.55. The largest absolute Gasteiger partial charge is 0.497 e. The number of methoxy groups -OCH3 is 1. The van der Waals surface area contributed by atoms with Gasteiger partial charge in [0.15, 0.2) is 0 Å². The first kappa shape index (κ1) is 9.80. The number of rotatable bonds is 4. The molecule has 0 aliphatic carbocycles. The van der Waals surface area contributed by atoms with Gasteiger partial charge in [-0.05, 0) is 6.07 Å². The van der Waals surface area contributed by atoms with Gasteiger partial charge in [0.25, 0.3) is 0 Å². The van der Waals surface area contributed by atoms with E-state index in [-0.39, 0.29) is 12.4 Å². The fraction of sp³-hybridized carbons (Fsp3) is 0.333. The van der Waals surface area contributed by atoms with Gasteiger partial charge in [-0.3, -0.25) is 0 Å². The minimum Gasteiger partial charge on any atom is -0.497 e.